The lowest BCUT2D eigenvalue weighted by Crippen LogP contribution is -2.32. The number of aliphatic carboxylic acids is 2. The van der Waals surface area contributed by atoms with Crippen molar-refractivity contribution in [1.82, 2.24) is 0 Å². The molecule has 3 rings (SSSR count). The van der Waals surface area contributed by atoms with Crippen LogP contribution in [0.15, 0.2) is 72.8 Å². The van der Waals surface area contributed by atoms with Crippen LogP contribution in [0.25, 0.3) is 0 Å². The molecule has 3 aromatic carbocycles. The van der Waals surface area contributed by atoms with Gasteiger partial charge in [0.15, 0.2) is 0 Å². The van der Waals surface area contributed by atoms with Crippen LogP contribution in [0.4, 0.5) is 0 Å². The summed E-state index contributed by atoms with van der Waals surface area (Å²) >= 11 is 0. The van der Waals surface area contributed by atoms with E-state index in [1.807, 2.05) is 19.1 Å². The molecule has 8 nitrogen and oxygen atoms in total. The average molecular weight is 441 g/mol. The zero-order chi connectivity index (χ0) is 24.1. The minimum absolute atomic E-state index is 0.000278. The van der Waals surface area contributed by atoms with E-state index in [0.717, 1.165) is 5.56 Å². The van der Waals surface area contributed by atoms with Gasteiger partial charge in [-0.3, -0.25) is 9.59 Å². The molecule has 0 aliphatic heterocycles. The second kappa shape index (κ2) is 13.3. The molecule has 170 valence electrons. The normalized spacial score (nSPS) is 10.6. The van der Waals surface area contributed by atoms with Crippen molar-refractivity contribution in [3.8, 4) is 17.2 Å². The van der Waals surface area contributed by atoms with E-state index in [1.165, 1.54) is 29.8 Å². The number of phenolic OH excluding ortho intramolecular Hbond substituents is 3. The van der Waals surface area contributed by atoms with Gasteiger partial charge in [-0.25, -0.2) is 0 Å². The summed E-state index contributed by atoms with van der Waals surface area (Å²) in [6.07, 6.45) is 0.274. The van der Waals surface area contributed by atoms with Gasteiger partial charge in [-0.05, 0) is 60.9 Å². The number of carboxylic acid groups (broad SMARTS) is 2. The number of carbonyl (C=O) groups is 2. The fraction of sp³-hybridized carbons (Fsp3) is 0.167. The van der Waals surface area contributed by atoms with E-state index in [4.69, 9.17) is 31.3 Å². The first-order valence-corrected chi connectivity index (χ1v) is 9.58. The first-order valence-electron chi connectivity index (χ1n) is 9.58. The summed E-state index contributed by atoms with van der Waals surface area (Å²) in [7, 11) is 0. The molecule has 7 N–H and O–H groups in total. The fourth-order valence-electron chi connectivity index (χ4n) is 2.31. The van der Waals surface area contributed by atoms with Crippen LogP contribution in [-0.2, 0) is 22.4 Å². The molecule has 0 aromatic heterocycles. The van der Waals surface area contributed by atoms with E-state index in [1.54, 1.807) is 36.4 Å². The van der Waals surface area contributed by atoms with Crippen LogP contribution in [0.1, 0.15) is 16.7 Å². The van der Waals surface area contributed by atoms with E-state index in [9.17, 15) is 9.59 Å². The molecule has 0 spiro atoms. The molecule has 3 aromatic rings. The number of hydrogen-bond acceptors (Lipinski definition) is 6. The number of phenols is 3. The maximum atomic E-state index is 10.4. The smallest absolute Gasteiger partial charge is 0.320 e. The number of benzene rings is 3. The number of nitrogens with two attached hydrogens (primary N) is 1. The highest BCUT2D eigenvalue weighted by Gasteiger charge is 2.11. The number of hydrogen-bond donors (Lipinski definition) is 6. The maximum Gasteiger partial charge on any atom is 0.320 e. The van der Waals surface area contributed by atoms with Gasteiger partial charge in [0, 0.05) is 0 Å². The third kappa shape index (κ3) is 11.2. The van der Waals surface area contributed by atoms with Crippen molar-refractivity contribution >= 4 is 11.9 Å². The molecule has 1 atom stereocenters. The van der Waals surface area contributed by atoms with Crippen LogP contribution in [0.2, 0.25) is 0 Å². The molecule has 0 aliphatic carbocycles. The quantitative estimate of drug-likeness (QED) is 0.352. The Balaban J connectivity index is 0.000000247. The Morgan fingerprint density at radius 2 is 1.09 bits per heavy atom. The zero-order valence-electron chi connectivity index (χ0n) is 17.5. The van der Waals surface area contributed by atoms with Crippen molar-refractivity contribution in [2.75, 3.05) is 0 Å². The monoisotopic (exact) mass is 441 g/mol. The largest absolute Gasteiger partial charge is 0.508 e. The molecule has 32 heavy (non-hydrogen) atoms. The van der Waals surface area contributed by atoms with Gasteiger partial charge >= 0.3 is 11.9 Å². The molecule has 0 saturated heterocycles. The lowest BCUT2D eigenvalue weighted by molar-refractivity contribution is -0.138. The lowest BCUT2D eigenvalue weighted by Gasteiger charge is -2.05. The highest BCUT2D eigenvalue weighted by Crippen LogP contribution is 2.11. The topological polar surface area (TPSA) is 161 Å². The van der Waals surface area contributed by atoms with Gasteiger partial charge in [0.1, 0.15) is 23.3 Å². The number of aromatic hydroxyl groups is 3. The highest BCUT2D eigenvalue weighted by atomic mass is 16.4. The molecule has 0 fully saturated rings. The Morgan fingerprint density at radius 3 is 1.44 bits per heavy atom. The molecular formula is C24H27NO7. The molecule has 0 saturated carbocycles. The Bertz CT molecular complexity index is 948. The van der Waals surface area contributed by atoms with Crippen molar-refractivity contribution in [2.45, 2.75) is 25.8 Å². The van der Waals surface area contributed by atoms with E-state index >= 15 is 0 Å². The zero-order valence-corrected chi connectivity index (χ0v) is 17.5. The Morgan fingerprint density at radius 1 is 0.719 bits per heavy atom. The summed E-state index contributed by atoms with van der Waals surface area (Å²) in [6, 6.07) is 18.6. The summed E-state index contributed by atoms with van der Waals surface area (Å²) < 4.78 is 0. The third-order valence-corrected chi connectivity index (χ3v) is 4.03. The number of aryl methyl sites for hydroxylation is 1. The van der Waals surface area contributed by atoms with Crippen molar-refractivity contribution in [3.05, 3.63) is 89.5 Å². The van der Waals surface area contributed by atoms with Crippen LogP contribution in [-0.4, -0.2) is 43.5 Å². The van der Waals surface area contributed by atoms with Crippen molar-refractivity contribution in [2.24, 2.45) is 5.73 Å². The average Bonchev–Trinajstić information content (AvgIpc) is 2.74. The third-order valence-electron chi connectivity index (χ3n) is 4.03. The van der Waals surface area contributed by atoms with Crippen LogP contribution < -0.4 is 5.73 Å². The van der Waals surface area contributed by atoms with Gasteiger partial charge in [-0.2, -0.15) is 0 Å². The number of rotatable bonds is 5. The standard InChI is InChI=1S/C9H11NO3.C8H8O3.C7H8O/c10-8(9(12)13)5-6-1-3-7(11)4-2-6;9-7-3-1-6(2-4-7)5-8(10)11;1-6-2-4-7(8)5-3-6/h1-4,8,11H,5,10H2,(H,12,13);1-4,9H,5H2,(H,10,11);2-5,8H,1H3. The van der Waals surface area contributed by atoms with Crippen molar-refractivity contribution in [3.63, 3.8) is 0 Å². The fourth-order valence-corrected chi connectivity index (χ4v) is 2.31. The summed E-state index contributed by atoms with van der Waals surface area (Å²) in [4.78, 5) is 20.6. The minimum atomic E-state index is -1.02. The van der Waals surface area contributed by atoms with Crippen LogP contribution in [0, 0.1) is 6.92 Å². The van der Waals surface area contributed by atoms with Crippen LogP contribution in [0.3, 0.4) is 0 Å². The molecule has 0 radical (unpaired) electrons. The second-order valence-corrected chi connectivity index (χ2v) is 6.89. The molecule has 0 amide bonds. The first-order chi connectivity index (χ1) is 15.1. The molecule has 1 unspecified atom stereocenters. The van der Waals surface area contributed by atoms with E-state index in [0.29, 0.717) is 11.3 Å². The first kappa shape index (κ1) is 26.0. The molecule has 0 heterocycles. The second-order valence-electron chi connectivity index (χ2n) is 6.89. The summed E-state index contributed by atoms with van der Waals surface area (Å²) in [6.45, 7) is 1.99. The molecule has 0 aliphatic rings. The van der Waals surface area contributed by atoms with Crippen molar-refractivity contribution < 1.29 is 35.1 Å². The summed E-state index contributed by atoms with van der Waals surface area (Å²) in [5.74, 6) is -1.24. The molecule has 8 heteroatoms. The molecule has 0 bridgehead atoms. The summed E-state index contributed by atoms with van der Waals surface area (Å²) in [5.41, 5.74) is 7.98. The van der Waals surface area contributed by atoms with Gasteiger partial charge in [0.05, 0.1) is 6.42 Å². The van der Waals surface area contributed by atoms with Gasteiger partial charge in [0.25, 0.3) is 0 Å². The highest BCUT2D eigenvalue weighted by molar-refractivity contribution is 5.73. The van der Waals surface area contributed by atoms with Gasteiger partial charge < -0.3 is 31.3 Å². The predicted octanol–water partition coefficient (Wildman–Crippen LogP) is 3.07. The Hall–Kier alpha value is -4.04. The minimum Gasteiger partial charge on any atom is -0.508 e. The Labute approximate surface area is 185 Å². The van der Waals surface area contributed by atoms with Crippen LogP contribution in [0.5, 0.6) is 17.2 Å². The van der Waals surface area contributed by atoms with Gasteiger partial charge in [0.2, 0.25) is 0 Å². The van der Waals surface area contributed by atoms with Crippen LogP contribution >= 0.6 is 0 Å². The van der Waals surface area contributed by atoms with E-state index in [2.05, 4.69) is 0 Å². The number of carboxylic acids is 2. The van der Waals surface area contributed by atoms with E-state index in [-0.39, 0.29) is 24.3 Å². The van der Waals surface area contributed by atoms with Crippen molar-refractivity contribution in [1.29, 1.82) is 0 Å². The maximum absolute atomic E-state index is 10.4. The van der Waals surface area contributed by atoms with Gasteiger partial charge in [-0.15, -0.1) is 0 Å². The van der Waals surface area contributed by atoms with E-state index < -0.39 is 18.0 Å². The SMILES string of the molecule is Cc1ccc(O)cc1.NC(Cc1ccc(O)cc1)C(=O)O.O=C(O)Cc1ccc(O)cc1. The molecular weight excluding hydrogens is 414 g/mol. The lowest BCUT2D eigenvalue weighted by atomic mass is 10.1. The predicted molar refractivity (Wildman–Crippen MR) is 120 cm³/mol. The summed E-state index contributed by atoms with van der Waals surface area (Å²) in [5, 5.41) is 43.4. The Kier molecular flexibility index (Phi) is 10.8. The van der Waals surface area contributed by atoms with Gasteiger partial charge in [-0.1, -0.05) is 42.0 Å².